The molecule has 0 spiro atoms. The number of carbonyl (C=O) groups is 3. The summed E-state index contributed by atoms with van der Waals surface area (Å²) < 4.78 is 7.65. The minimum Gasteiger partial charge on any atom is -0.494 e. The molecule has 0 saturated heterocycles. The molecule has 2 amide bonds. The van der Waals surface area contributed by atoms with E-state index in [-0.39, 0.29) is 35.3 Å². The standard InChI is InChI=1S/C26H25N3O5S/c1-16(30)27-13-14-28(2)26(33)24-22(34-3)21-23(35-24)18-11-7-8-12-19(18)29(25(21)32)15-20(31)17-9-5-4-6-10-17/h4-12H,13-15H2,1-3H3,(H,27,30). The van der Waals surface area contributed by atoms with Gasteiger partial charge in [-0.25, -0.2) is 0 Å². The number of hydrogen-bond acceptors (Lipinski definition) is 6. The molecule has 0 saturated carbocycles. The molecular weight excluding hydrogens is 466 g/mol. The van der Waals surface area contributed by atoms with Crippen LogP contribution in [0.5, 0.6) is 5.75 Å². The van der Waals surface area contributed by atoms with Crippen molar-refractivity contribution < 1.29 is 19.1 Å². The average Bonchev–Trinajstić information content (AvgIpc) is 3.26. The molecule has 2 aromatic carbocycles. The van der Waals surface area contributed by atoms with Gasteiger partial charge in [-0.2, -0.15) is 0 Å². The van der Waals surface area contributed by atoms with E-state index in [1.165, 1.54) is 34.8 Å². The Hall–Kier alpha value is -3.98. The summed E-state index contributed by atoms with van der Waals surface area (Å²) in [5.41, 5.74) is 0.727. The van der Waals surface area contributed by atoms with E-state index in [0.29, 0.717) is 33.7 Å². The predicted molar refractivity (Wildman–Crippen MR) is 137 cm³/mol. The third-order valence-electron chi connectivity index (χ3n) is 5.73. The number of Topliss-reactive ketones (excluding diaryl/α,β-unsaturated/α-hetero) is 1. The van der Waals surface area contributed by atoms with Crippen molar-refractivity contribution in [2.75, 3.05) is 27.2 Å². The molecule has 0 aliphatic heterocycles. The summed E-state index contributed by atoms with van der Waals surface area (Å²) in [5, 5.41) is 3.69. The van der Waals surface area contributed by atoms with Crippen LogP contribution in [-0.2, 0) is 11.3 Å². The van der Waals surface area contributed by atoms with Crippen LogP contribution in [0.4, 0.5) is 0 Å². The average molecular weight is 492 g/mol. The molecule has 1 N–H and O–H groups in total. The Labute approximate surface area is 205 Å². The fourth-order valence-electron chi connectivity index (χ4n) is 3.97. The number of amides is 2. The number of benzene rings is 2. The number of likely N-dealkylation sites (N-methyl/N-ethyl adjacent to an activating group) is 1. The van der Waals surface area contributed by atoms with Crippen LogP contribution in [0.25, 0.3) is 21.0 Å². The lowest BCUT2D eigenvalue weighted by molar-refractivity contribution is -0.119. The molecule has 0 bridgehead atoms. The number of carbonyl (C=O) groups excluding carboxylic acids is 3. The maximum absolute atomic E-state index is 13.7. The molecule has 180 valence electrons. The monoisotopic (exact) mass is 491 g/mol. The van der Waals surface area contributed by atoms with E-state index in [2.05, 4.69) is 5.32 Å². The third-order valence-corrected chi connectivity index (χ3v) is 6.92. The zero-order chi connectivity index (χ0) is 25.1. The molecule has 35 heavy (non-hydrogen) atoms. The lowest BCUT2D eigenvalue weighted by Crippen LogP contribution is -2.35. The Kier molecular flexibility index (Phi) is 6.97. The van der Waals surface area contributed by atoms with Gasteiger partial charge in [-0.3, -0.25) is 23.7 Å². The predicted octanol–water partition coefficient (Wildman–Crippen LogP) is 3.32. The van der Waals surface area contributed by atoms with E-state index >= 15 is 0 Å². The molecule has 2 aromatic heterocycles. The van der Waals surface area contributed by atoms with Gasteiger partial charge < -0.3 is 15.0 Å². The molecule has 2 heterocycles. The zero-order valence-electron chi connectivity index (χ0n) is 19.7. The molecule has 0 fully saturated rings. The van der Waals surface area contributed by atoms with Gasteiger partial charge in [-0.05, 0) is 6.07 Å². The molecule has 0 atom stereocenters. The highest BCUT2D eigenvalue weighted by atomic mass is 32.1. The number of rotatable bonds is 8. The van der Waals surface area contributed by atoms with Crippen molar-refractivity contribution in [3.05, 3.63) is 75.4 Å². The van der Waals surface area contributed by atoms with Gasteiger partial charge in [0.1, 0.15) is 10.3 Å². The van der Waals surface area contributed by atoms with Crippen LogP contribution in [0, 0.1) is 0 Å². The van der Waals surface area contributed by atoms with Crippen LogP contribution < -0.4 is 15.6 Å². The number of para-hydroxylation sites is 1. The first-order valence-electron chi connectivity index (χ1n) is 11.0. The number of pyridine rings is 1. The smallest absolute Gasteiger partial charge is 0.267 e. The highest BCUT2D eigenvalue weighted by molar-refractivity contribution is 7.22. The maximum atomic E-state index is 13.7. The second kappa shape index (κ2) is 10.1. The van der Waals surface area contributed by atoms with Crippen LogP contribution >= 0.6 is 11.3 Å². The first kappa shape index (κ1) is 24.2. The topological polar surface area (TPSA) is 97.7 Å². The number of hydrogen-bond donors (Lipinski definition) is 1. The van der Waals surface area contributed by atoms with Crippen molar-refractivity contribution in [3.8, 4) is 5.75 Å². The second-order valence-electron chi connectivity index (χ2n) is 8.08. The van der Waals surface area contributed by atoms with Gasteiger partial charge in [-0.1, -0.05) is 48.5 Å². The number of aromatic nitrogens is 1. The summed E-state index contributed by atoms with van der Waals surface area (Å²) in [5.74, 6) is -0.496. The van der Waals surface area contributed by atoms with Crippen LogP contribution in [-0.4, -0.2) is 54.3 Å². The molecule has 9 heteroatoms. The summed E-state index contributed by atoms with van der Waals surface area (Å²) in [6.07, 6.45) is 0. The van der Waals surface area contributed by atoms with E-state index in [4.69, 9.17) is 4.74 Å². The van der Waals surface area contributed by atoms with Crippen molar-refractivity contribution in [2.24, 2.45) is 0 Å². The number of ether oxygens (including phenoxy) is 1. The van der Waals surface area contributed by atoms with Gasteiger partial charge in [-0.15, -0.1) is 11.3 Å². The number of nitrogens with one attached hydrogen (secondary N) is 1. The Balaban J connectivity index is 1.84. The van der Waals surface area contributed by atoms with Gasteiger partial charge in [0.2, 0.25) is 5.91 Å². The van der Waals surface area contributed by atoms with Crippen molar-refractivity contribution in [1.29, 1.82) is 0 Å². The van der Waals surface area contributed by atoms with Crippen molar-refractivity contribution in [3.63, 3.8) is 0 Å². The summed E-state index contributed by atoms with van der Waals surface area (Å²) in [7, 11) is 3.05. The maximum Gasteiger partial charge on any atom is 0.267 e. The molecule has 4 aromatic rings. The van der Waals surface area contributed by atoms with Crippen LogP contribution in [0.3, 0.4) is 0 Å². The molecule has 0 unspecified atom stereocenters. The lowest BCUT2D eigenvalue weighted by Gasteiger charge is -2.17. The summed E-state index contributed by atoms with van der Waals surface area (Å²) in [4.78, 5) is 52.8. The SMILES string of the molecule is COc1c(C(=O)N(C)CCNC(C)=O)sc2c1c(=O)n(CC(=O)c1ccccc1)c1ccccc21. The van der Waals surface area contributed by atoms with E-state index < -0.39 is 5.56 Å². The Bertz CT molecular complexity index is 1490. The van der Waals surface area contributed by atoms with E-state index in [1.54, 1.807) is 37.4 Å². The van der Waals surface area contributed by atoms with Crippen LogP contribution in [0.15, 0.2) is 59.4 Å². The minimum absolute atomic E-state index is 0.141. The highest BCUT2D eigenvalue weighted by Gasteiger charge is 2.27. The summed E-state index contributed by atoms with van der Waals surface area (Å²) >= 11 is 1.19. The largest absolute Gasteiger partial charge is 0.494 e. The van der Waals surface area contributed by atoms with Gasteiger partial charge in [0.25, 0.3) is 11.5 Å². The number of thiophene rings is 1. The van der Waals surface area contributed by atoms with E-state index in [0.717, 1.165) is 5.39 Å². The van der Waals surface area contributed by atoms with Gasteiger partial charge in [0, 0.05) is 38.0 Å². The van der Waals surface area contributed by atoms with Crippen LogP contribution in [0.1, 0.15) is 27.0 Å². The van der Waals surface area contributed by atoms with Crippen LogP contribution in [0.2, 0.25) is 0 Å². The Morgan fingerprint density at radius 3 is 2.43 bits per heavy atom. The molecule has 0 radical (unpaired) electrons. The summed E-state index contributed by atoms with van der Waals surface area (Å²) in [6, 6.07) is 16.1. The molecular formula is C26H25N3O5S. The first-order valence-corrected chi connectivity index (χ1v) is 11.8. The fourth-order valence-corrected chi connectivity index (χ4v) is 5.26. The van der Waals surface area contributed by atoms with Gasteiger partial charge in [0.05, 0.1) is 23.9 Å². The minimum atomic E-state index is -0.393. The molecule has 0 aliphatic rings. The van der Waals surface area contributed by atoms with Gasteiger partial charge in [0.15, 0.2) is 11.5 Å². The number of fused-ring (bicyclic) bond motifs is 3. The Morgan fingerprint density at radius 2 is 1.74 bits per heavy atom. The van der Waals surface area contributed by atoms with E-state index in [9.17, 15) is 19.2 Å². The highest BCUT2D eigenvalue weighted by Crippen LogP contribution is 2.40. The normalized spacial score (nSPS) is 10.9. The van der Waals surface area contributed by atoms with E-state index in [1.807, 2.05) is 24.3 Å². The lowest BCUT2D eigenvalue weighted by atomic mass is 10.1. The third kappa shape index (κ3) is 4.67. The number of nitrogens with zero attached hydrogens (tertiary/aromatic N) is 2. The van der Waals surface area contributed by atoms with Crippen molar-refractivity contribution in [2.45, 2.75) is 13.5 Å². The molecule has 4 rings (SSSR count). The first-order chi connectivity index (χ1) is 16.8. The molecule has 8 nitrogen and oxygen atoms in total. The molecule has 0 aliphatic carbocycles. The number of ketones is 1. The van der Waals surface area contributed by atoms with Crippen molar-refractivity contribution >= 4 is 49.9 Å². The second-order valence-corrected chi connectivity index (χ2v) is 9.10. The summed E-state index contributed by atoms with van der Waals surface area (Å²) in [6.45, 7) is 1.88. The Morgan fingerprint density at radius 1 is 1.06 bits per heavy atom. The van der Waals surface area contributed by atoms with Crippen molar-refractivity contribution in [1.82, 2.24) is 14.8 Å². The van der Waals surface area contributed by atoms with Gasteiger partial charge >= 0.3 is 0 Å². The fraction of sp³-hybridized carbons (Fsp3) is 0.231. The quantitative estimate of drug-likeness (QED) is 0.382. The zero-order valence-corrected chi connectivity index (χ0v) is 20.5. The number of methoxy groups -OCH3 is 1.